The lowest BCUT2D eigenvalue weighted by molar-refractivity contribution is 0.566. The molecule has 2 aliphatic heterocycles. The predicted octanol–water partition coefficient (Wildman–Crippen LogP) is 15.9. The Hall–Kier alpha value is -8.60. The zero-order chi connectivity index (χ0) is 49.7. The van der Waals surface area contributed by atoms with Gasteiger partial charge >= 0.3 is 0 Å². The molecule has 2 unspecified atom stereocenters. The van der Waals surface area contributed by atoms with Crippen LogP contribution in [0.15, 0.2) is 261 Å². The van der Waals surface area contributed by atoms with Gasteiger partial charge in [-0.15, -0.1) is 0 Å². The lowest BCUT2D eigenvalue weighted by atomic mass is 9.78. The Bertz CT molecular complexity index is 3540. The van der Waals surface area contributed by atoms with Gasteiger partial charge in [-0.05, 0) is 146 Å². The fourth-order valence-electron chi connectivity index (χ4n) is 11.2. The second-order valence-corrected chi connectivity index (χ2v) is 19.4. The van der Waals surface area contributed by atoms with E-state index in [2.05, 4.69) is 280 Å². The largest absolute Gasteiger partial charge is 0.341 e. The minimum Gasteiger partial charge on any atom is -0.341 e. The Kier molecular flexibility index (Phi) is 11.9. The van der Waals surface area contributed by atoms with E-state index in [0.717, 1.165) is 96.3 Å². The topological polar surface area (TPSA) is 13.0 Å². The molecule has 2 heterocycles. The molecule has 4 nitrogen and oxygen atoms in total. The number of rotatable bonds is 9. The summed E-state index contributed by atoms with van der Waals surface area (Å²) in [5.41, 5.74) is 20.7. The first kappa shape index (κ1) is 45.8. The first-order valence-corrected chi connectivity index (χ1v) is 25.1. The summed E-state index contributed by atoms with van der Waals surface area (Å²) in [6.45, 7) is 23.2. The zero-order valence-corrected chi connectivity index (χ0v) is 41.8. The van der Waals surface area contributed by atoms with E-state index in [1.165, 1.54) is 33.9 Å². The Morgan fingerprint density at radius 3 is 1.75 bits per heavy atom. The van der Waals surface area contributed by atoms with Crippen LogP contribution in [0.3, 0.4) is 0 Å². The molecule has 7 aromatic carbocycles. The molecule has 4 heteroatoms. The third-order valence-corrected chi connectivity index (χ3v) is 15.5. The van der Waals surface area contributed by atoms with Crippen LogP contribution in [0.2, 0.25) is 0 Å². The summed E-state index contributed by atoms with van der Waals surface area (Å²) < 4.78 is 0. The van der Waals surface area contributed by atoms with Crippen molar-refractivity contribution >= 4 is 67.9 Å². The van der Waals surface area contributed by atoms with E-state index < -0.39 is 0 Å². The highest BCUT2D eigenvalue weighted by molar-refractivity contribution is 5.98. The zero-order valence-electron chi connectivity index (χ0n) is 41.8. The van der Waals surface area contributed by atoms with Crippen molar-refractivity contribution in [2.24, 2.45) is 0 Å². The Labute approximate surface area is 425 Å². The third kappa shape index (κ3) is 7.71. The number of hydrogen-bond acceptors (Lipinski definition) is 4. The highest BCUT2D eigenvalue weighted by atomic mass is 15.3. The van der Waals surface area contributed by atoms with Gasteiger partial charge in [0.1, 0.15) is 0 Å². The van der Waals surface area contributed by atoms with Crippen LogP contribution < -0.4 is 30.0 Å². The molecule has 7 aromatic rings. The number of hydrogen-bond donors (Lipinski definition) is 0. The highest BCUT2D eigenvalue weighted by Crippen LogP contribution is 2.53. The summed E-state index contributed by atoms with van der Waals surface area (Å²) >= 11 is 0. The van der Waals surface area contributed by atoms with E-state index in [1.807, 2.05) is 0 Å². The standard InChI is InChI=1S/C68H60N4/c1-9-68(6)49(5)57(56-27-13-14-29-59(56)68)44-48(4)46(2)38-39-47(3)53-42-40-51(71-64-34-19-15-30-60(64)69(7)61-31-16-20-35-65(61)71)26-23-28-54(50-24-11-10-12-25-50)58-45-52(41-43-55(53)58)72-66-36-21-17-32-62(66)70(8)63-33-18-22-37-67(63)72/h10-25,27-45,51H,2-5,9,26H2,1,6-8H3/b28-23+,39-38-,42-40+,55-53+,57-44+,58-54+. The molecule has 0 N–H and O–H groups in total. The van der Waals surface area contributed by atoms with Gasteiger partial charge in [0.2, 0.25) is 0 Å². The van der Waals surface area contributed by atoms with E-state index >= 15 is 0 Å². The Morgan fingerprint density at radius 1 is 0.597 bits per heavy atom. The summed E-state index contributed by atoms with van der Waals surface area (Å²) in [5.74, 6) is 0. The third-order valence-electron chi connectivity index (χ3n) is 15.5. The van der Waals surface area contributed by atoms with Crippen molar-refractivity contribution in [3.05, 3.63) is 288 Å². The molecule has 0 bridgehead atoms. The van der Waals surface area contributed by atoms with Gasteiger partial charge < -0.3 is 19.6 Å². The van der Waals surface area contributed by atoms with Crippen molar-refractivity contribution in [3.8, 4) is 0 Å². The van der Waals surface area contributed by atoms with Crippen molar-refractivity contribution in [3.63, 3.8) is 0 Å². The lowest BCUT2D eigenvalue weighted by Gasteiger charge is -2.41. The van der Waals surface area contributed by atoms with Gasteiger partial charge in [-0.2, -0.15) is 0 Å². The van der Waals surface area contributed by atoms with Crippen LogP contribution in [0.4, 0.5) is 51.2 Å². The van der Waals surface area contributed by atoms with Crippen LogP contribution in [0.5, 0.6) is 0 Å². The molecule has 0 saturated heterocycles. The van der Waals surface area contributed by atoms with Gasteiger partial charge in [-0.25, -0.2) is 0 Å². The van der Waals surface area contributed by atoms with Gasteiger partial charge in [-0.1, -0.05) is 186 Å². The molecule has 352 valence electrons. The summed E-state index contributed by atoms with van der Waals surface area (Å²) in [5, 5.41) is 2.19. The van der Waals surface area contributed by atoms with Crippen molar-refractivity contribution < 1.29 is 0 Å². The minimum atomic E-state index is -0.131. The van der Waals surface area contributed by atoms with E-state index in [0.29, 0.717) is 0 Å². The molecule has 2 aliphatic carbocycles. The molecular formula is C68H60N4. The maximum atomic E-state index is 4.87. The van der Waals surface area contributed by atoms with Crippen molar-refractivity contribution in [1.29, 1.82) is 0 Å². The smallest absolute Gasteiger partial charge is 0.0699 e. The van der Waals surface area contributed by atoms with Crippen LogP contribution in [0, 0.1) is 0 Å². The van der Waals surface area contributed by atoms with E-state index in [9.17, 15) is 0 Å². The quantitative estimate of drug-likeness (QED) is 0.134. The molecule has 0 radical (unpaired) electrons. The molecular weight excluding hydrogens is 873 g/mol. The summed E-state index contributed by atoms with van der Waals surface area (Å²) in [6.07, 6.45) is 17.5. The van der Waals surface area contributed by atoms with E-state index in [1.54, 1.807) is 0 Å². The molecule has 2 atom stereocenters. The van der Waals surface area contributed by atoms with Gasteiger partial charge in [0.25, 0.3) is 0 Å². The maximum absolute atomic E-state index is 4.87. The Morgan fingerprint density at radius 2 is 1.14 bits per heavy atom. The van der Waals surface area contributed by atoms with E-state index in [4.69, 9.17) is 6.58 Å². The number of para-hydroxylation sites is 8. The summed E-state index contributed by atoms with van der Waals surface area (Å²) in [6, 6.07) is 61.2. The molecule has 72 heavy (non-hydrogen) atoms. The average Bonchev–Trinajstić information content (AvgIpc) is 3.63. The first-order valence-electron chi connectivity index (χ1n) is 25.1. The van der Waals surface area contributed by atoms with Crippen molar-refractivity contribution in [2.75, 3.05) is 33.7 Å². The normalized spacial score (nSPS) is 20.8. The number of allylic oxidation sites excluding steroid dienone is 10. The summed E-state index contributed by atoms with van der Waals surface area (Å²) in [4.78, 5) is 9.51. The number of benzene rings is 7. The minimum absolute atomic E-state index is 0.0437. The molecule has 4 aliphatic rings. The lowest BCUT2D eigenvalue weighted by Crippen LogP contribution is -2.35. The molecule has 0 aromatic heterocycles. The maximum Gasteiger partial charge on any atom is 0.0699 e. The van der Waals surface area contributed by atoms with Crippen LogP contribution >= 0.6 is 0 Å². The van der Waals surface area contributed by atoms with Crippen LogP contribution in [-0.4, -0.2) is 20.1 Å². The second-order valence-electron chi connectivity index (χ2n) is 19.4. The Balaban J connectivity index is 1.10. The highest BCUT2D eigenvalue weighted by Gasteiger charge is 2.39. The molecule has 11 rings (SSSR count). The monoisotopic (exact) mass is 932 g/mol. The van der Waals surface area contributed by atoms with Crippen LogP contribution in [0.25, 0.3) is 16.7 Å². The van der Waals surface area contributed by atoms with Crippen LogP contribution in [0.1, 0.15) is 43.4 Å². The fourth-order valence-corrected chi connectivity index (χ4v) is 11.2. The second kappa shape index (κ2) is 18.6. The molecule has 0 spiro atoms. The number of anilines is 9. The number of nitrogens with zero attached hydrogens (tertiary/aromatic N) is 4. The molecule has 0 amide bonds. The van der Waals surface area contributed by atoms with Gasteiger partial charge in [0.05, 0.1) is 51.5 Å². The molecule has 0 saturated carbocycles. The van der Waals surface area contributed by atoms with E-state index in [-0.39, 0.29) is 11.5 Å². The summed E-state index contributed by atoms with van der Waals surface area (Å²) in [7, 11) is 4.32. The molecule has 0 fully saturated rings. The first-order chi connectivity index (χ1) is 35.1. The average molecular weight is 933 g/mol. The predicted molar refractivity (Wildman–Crippen MR) is 308 cm³/mol. The van der Waals surface area contributed by atoms with Gasteiger partial charge in [0.15, 0.2) is 0 Å². The van der Waals surface area contributed by atoms with Gasteiger partial charge in [-0.3, -0.25) is 0 Å². The SMILES string of the molecule is C=C(/C=C\C(=C)C1=c2\ccc(N3c4ccccc4N(C)c4ccccc43)c\c2=C(c2ccccc2)\C=C\CC(N2c3ccccc3N(C)c3ccccc32)\C=C\1)C(=C)/C=C1\C(=C)C(C)(CC)c2ccccc21. The fraction of sp³-hybridized carbons (Fsp3) is 0.118. The number of fused-ring (bicyclic) bond motifs is 6. The van der Waals surface area contributed by atoms with Crippen molar-refractivity contribution in [2.45, 2.75) is 38.1 Å². The van der Waals surface area contributed by atoms with Crippen molar-refractivity contribution in [1.82, 2.24) is 0 Å². The van der Waals surface area contributed by atoms with Gasteiger partial charge in [0, 0.05) is 25.2 Å². The van der Waals surface area contributed by atoms with Crippen LogP contribution in [-0.2, 0) is 5.41 Å².